The molecule has 0 aliphatic heterocycles. The summed E-state index contributed by atoms with van der Waals surface area (Å²) in [6, 6.07) is 14.7. The summed E-state index contributed by atoms with van der Waals surface area (Å²) in [5.74, 6) is -0.0255. The topological polar surface area (TPSA) is 50.4 Å². The third kappa shape index (κ3) is 2.30. The summed E-state index contributed by atoms with van der Waals surface area (Å²) in [4.78, 5) is 13.1. The van der Waals surface area contributed by atoms with Gasteiger partial charge in [-0.25, -0.2) is 4.79 Å². The van der Waals surface area contributed by atoms with Gasteiger partial charge in [0.05, 0.1) is 5.39 Å². The molecule has 2 aromatic carbocycles. The van der Waals surface area contributed by atoms with Crippen LogP contribution in [0.25, 0.3) is 11.0 Å². The van der Waals surface area contributed by atoms with Gasteiger partial charge in [0.1, 0.15) is 16.2 Å². The third-order valence-corrected chi connectivity index (χ3v) is 4.06. The second-order valence-electron chi connectivity index (χ2n) is 4.48. The third-order valence-electron chi connectivity index (χ3n) is 2.99. The quantitative estimate of drug-likeness (QED) is 0.724. The van der Waals surface area contributed by atoms with Crippen LogP contribution in [0.2, 0.25) is 0 Å². The molecule has 4 heteroatoms. The van der Waals surface area contributed by atoms with Gasteiger partial charge in [0.25, 0.3) is 0 Å². The number of aromatic hydroxyl groups is 1. The number of rotatable bonds is 2. The largest absolute Gasteiger partial charge is 0.506 e. The van der Waals surface area contributed by atoms with Gasteiger partial charge in [-0.15, -0.1) is 0 Å². The number of hydrogen-bond donors (Lipinski definition) is 1. The fraction of sp³-hybridized carbons (Fsp3) is 0.0625. The molecule has 1 N–H and O–H groups in total. The Balaban J connectivity index is 2.11. The zero-order chi connectivity index (χ0) is 14.1. The van der Waals surface area contributed by atoms with Gasteiger partial charge in [-0.05, 0) is 31.2 Å². The number of hydrogen-bond acceptors (Lipinski definition) is 4. The maximum absolute atomic E-state index is 12.0. The molecule has 1 aromatic heterocycles. The molecule has 0 radical (unpaired) electrons. The molecule has 0 amide bonds. The second kappa shape index (κ2) is 5.06. The van der Waals surface area contributed by atoms with Crippen molar-refractivity contribution in [2.24, 2.45) is 0 Å². The van der Waals surface area contributed by atoms with Crippen LogP contribution in [-0.2, 0) is 0 Å². The fourth-order valence-corrected chi connectivity index (χ4v) is 2.77. The van der Waals surface area contributed by atoms with E-state index >= 15 is 0 Å². The van der Waals surface area contributed by atoms with E-state index in [4.69, 9.17) is 4.42 Å². The van der Waals surface area contributed by atoms with Crippen molar-refractivity contribution in [3.8, 4) is 5.75 Å². The SMILES string of the molecule is Cc1ccc(Sc2c(O)c3ccccc3oc2=O)cc1. The first kappa shape index (κ1) is 12.8. The monoisotopic (exact) mass is 284 g/mol. The van der Waals surface area contributed by atoms with Crippen LogP contribution in [0.4, 0.5) is 0 Å². The lowest BCUT2D eigenvalue weighted by Crippen LogP contribution is -2.02. The molecule has 0 unspecified atom stereocenters. The summed E-state index contributed by atoms with van der Waals surface area (Å²) < 4.78 is 5.23. The predicted octanol–water partition coefficient (Wildman–Crippen LogP) is 3.96. The van der Waals surface area contributed by atoms with Crippen molar-refractivity contribution in [2.45, 2.75) is 16.7 Å². The van der Waals surface area contributed by atoms with Gasteiger partial charge in [-0.3, -0.25) is 0 Å². The van der Waals surface area contributed by atoms with Gasteiger partial charge in [-0.1, -0.05) is 41.6 Å². The summed E-state index contributed by atoms with van der Waals surface area (Å²) in [7, 11) is 0. The molecule has 1 heterocycles. The standard InChI is InChI=1S/C16H12O3S/c1-10-6-8-11(9-7-10)20-15-14(17)12-4-2-3-5-13(12)19-16(15)18/h2-9,17H,1H3. The van der Waals surface area contributed by atoms with Gasteiger partial charge in [-0.2, -0.15) is 0 Å². The van der Waals surface area contributed by atoms with E-state index in [0.717, 1.165) is 10.5 Å². The molecule has 0 saturated heterocycles. The molecule has 3 nitrogen and oxygen atoms in total. The van der Waals surface area contributed by atoms with Crippen molar-refractivity contribution in [3.63, 3.8) is 0 Å². The van der Waals surface area contributed by atoms with Gasteiger partial charge in [0.15, 0.2) is 0 Å². The van der Waals surface area contributed by atoms with Crippen LogP contribution in [0.3, 0.4) is 0 Å². The lowest BCUT2D eigenvalue weighted by Gasteiger charge is -2.06. The molecule has 3 rings (SSSR count). The number of benzene rings is 2. The van der Waals surface area contributed by atoms with Crippen molar-refractivity contribution < 1.29 is 9.52 Å². The maximum Gasteiger partial charge on any atom is 0.354 e. The summed E-state index contributed by atoms with van der Waals surface area (Å²) in [5, 5.41) is 10.8. The van der Waals surface area contributed by atoms with E-state index in [1.165, 1.54) is 11.8 Å². The number of fused-ring (bicyclic) bond motifs is 1. The van der Waals surface area contributed by atoms with Crippen LogP contribution in [0.15, 0.2) is 67.5 Å². The van der Waals surface area contributed by atoms with Crippen LogP contribution in [0, 0.1) is 6.92 Å². The Kier molecular flexibility index (Phi) is 3.24. The van der Waals surface area contributed by atoms with Gasteiger partial charge in [0, 0.05) is 4.90 Å². The number of aryl methyl sites for hydroxylation is 1. The van der Waals surface area contributed by atoms with Gasteiger partial charge in [0.2, 0.25) is 0 Å². The smallest absolute Gasteiger partial charge is 0.354 e. The molecular formula is C16H12O3S. The van der Waals surface area contributed by atoms with Gasteiger partial charge >= 0.3 is 5.63 Å². The Morgan fingerprint density at radius 2 is 1.75 bits per heavy atom. The van der Waals surface area contributed by atoms with Crippen molar-refractivity contribution in [1.29, 1.82) is 0 Å². The maximum atomic E-state index is 12.0. The minimum absolute atomic E-state index is 0.0255. The summed E-state index contributed by atoms with van der Waals surface area (Å²) in [6.07, 6.45) is 0. The molecule has 0 aliphatic carbocycles. The van der Waals surface area contributed by atoms with Crippen molar-refractivity contribution in [3.05, 3.63) is 64.5 Å². The Hall–Kier alpha value is -2.20. The first-order chi connectivity index (χ1) is 9.65. The first-order valence-corrected chi connectivity index (χ1v) is 6.96. The Morgan fingerprint density at radius 1 is 1.05 bits per heavy atom. The second-order valence-corrected chi connectivity index (χ2v) is 5.56. The number of para-hydroxylation sites is 1. The minimum Gasteiger partial charge on any atom is -0.506 e. The highest BCUT2D eigenvalue weighted by atomic mass is 32.2. The average molecular weight is 284 g/mol. The molecule has 0 bridgehead atoms. The van der Waals surface area contributed by atoms with Crippen molar-refractivity contribution >= 4 is 22.7 Å². The average Bonchev–Trinajstić information content (AvgIpc) is 2.45. The lowest BCUT2D eigenvalue weighted by atomic mass is 10.2. The van der Waals surface area contributed by atoms with Crippen LogP contribution < -0.4 is 5.63 Å². The van der Waals surface area contributed by atoms with Crippen LogP contribution in [0.1, 0.15) is 5.56 Å². The lowest BCUT2D eigenvalue weighted by molar-refractivity contribution is 0.447. The zero-order valence-electron chi connectivity index (χ0n) is 10.8. The molecule has 20 heavy (non-hydrogen) atoms. The Bertz CT molecular complexity index is 819. The zero-order valence-corrected chi connectivity index (χ0v) is 11.6. The first-order valence-electron chi connectivity index (χ1n) is 6.14. The van der Waals surface area contributed by atoms with Crippen LogP contribution in [0.5, 0.6) is 5.75 Å². The molecule has 0 fully saturated rings. The van der Waals surface area contributed by atoms with E-state index in [1.54, 1.807) is 24.3 Å². The molecule has 0 atom stereocenters. The van der Waals surface area contributed by atoms with E-state index in [2.05, 4.69) is 0 Å². The van der Waals surface area contributed by atoms with E-state index in [9.17, 15) is 9.90 Å². The summed E-state index contributed by atoms with van der Waals surface area (Å²) in [5.41, 5.74) is 1.01. The van der Waals surface area contributed by atoms with E-state index in [-0.39, 0.29) is 10.6 Å². The molecule has 100 valence electrons. The Labute approximate surface area is 119 Å². The Morgan fingerprint density at radius 3 is 2.50 bits per heavy atom. The summed E-state index contributed by atoms with van der Waals surface area (Å²) >= 11 is 1.21. The van der Waals surface area contributed by atoms with Crippen LogP contribution >= 0.6 is 11.8 Å². The highest BCUT2D eigenvalue weighted by Crippen LogP contribution is 2.36. The van der Waals surface area contributed by atoms with Crippen LogP contribution in [-0.4, -0.2) is 5.11 Å². The van der Waals surface area contributed by atoms with Crippen molar-refractivity contribution in [2.75, 3.05) is 0 Å². The molecular weight excluding hydrogens is 272 g/mol. The normalized spacial score (nSPS) is 10.8. The highest BCUT2D eigenvalue weighted by molar-refractivity contribution is 7.99. The van der Waals surface area contributed by atoms with E-state index < -0.39 is 5.63 Å². The molecule has 3 aromatic rings. The van der Waals surface area contributed by atoms with E-state index in [0.29, 0.717) is 11.0 Å². The van der Waals surface area contributed by atoms with Crippen molar-refractivity contribution in [1.82, 2.24) is 0 Å². The van der Waals surface area contributed by atoms with E-state index in [1.807, 2.05) is 31.2 Å². The highest BCUT2D eigenvalue weighted by Gasteiger charge is 2.14. The molecule has 0 spiro atoms. The van der Waals surface area contributed by atoms with Gasteiger partial charge < -0.3 is 9.52 Å². The molecule has 0 aliphatic rings. The summed E-state index contributed by atoms with van der Waals surface area (Å²) in [6.45, 7) is 2.00. The fourth-order valence-electron chi connectivity index (χ4n) is 1.93. The predicted molar refractivity (Wildman–Crippen MR) is 79.5 cm³/mol. The molecule has 0 saturated carbocycles. The minimum atomic E-state index is -0.522.